The molecule has 2 rings (SSSR count). The van der Waals surface area contributed by atoms with Gasteiger partial charge in [0.15, 0.2) is 0 Å². The Hall–Kier alpha value is -1.58. The first kappa shape index (κ1) is 13.8. The second-order valence-corrected chi connectivity index (χ2v) is 4.82. The average Bonchev–Trinajstić information content (AvgIpc) is 2.46. The van der Waals surface area contributed by atoms with Crippen LogP contribution in [0.5, 0.6) is 5.75 Å². The smallest absolute Gasteiger partial charge is 0.119 e. The fourth-order valence-corrected chi connectivity index (χ4v) is 2.27. The van der Waals surface area contributed by atoms with Crippen LogP contribution in [0.15, 0.2) is 36.4 Å². The first-order valence-corrected chi connectivity index (χ1v) is 6.72. The monoisotopic (exact) mass is 258 g/mol. The molecule has 1 unspecified atom stereocenters. The summed E-state index contributed by atoms with van der Waals surface area (Å²) in [5, 5.41) is 5.54. The lowest BCUT2D eigenvalue weighted by Gasteiger charge is -2.13. The van der Waals surface area contributed by atoms with Crippen LogP contribution in [0.4, 0.5) is 0 Å². The first-order valence-electron chi connectivity index (χ1n) is 6.72. The number of nitrogens with one attached hydrogen (secondary N) is 1. The lowest BCUT2D eigenvalue weighted by atomic mass is 9.99. The Kier molecular flexibility index (Phi) is 4.77. The number of rotatable bonds is 6. The predicted molar refractivity (Wildman–Crippen MR) is 80.6 cm³/mol. The third-order valence-electron chi connectivity index (χ3n) is 3.44. The molecule has 0 saturated heterocycles. The predicted octanol–water partition coefficient (Wildman–Crippen LogP) is 2.85. The molecule has 102 valence electrons. The van der Waals surface area contributed by atoms with Crippen LogP contribution in [0.1, 0.15) is 24.4 Å². The van der Waals surface area contributed by atoms with E-state index in [1.54, 1.807) is 7.11 Å². The van der Waals surface area contributed by atoms with Gasteiger partial charge in [0.25, 0.3) is 0 Å². The van der Waals surface area contributed by atoms with E-state index in [0.717, 1.165) is 25.1 Å². The van der Waals surface area contributed by atoms with Gasteiger partial charge in [0.1, 0.15) is 5.75 Å². The largest absolute Gasteiger partial charge is 0.497 e. The van der Waals surface area contributed by atoms with E-state index in [9.17, 15) is 0 Å². The van der Waals surface area contributed by atoms with E-state index in [-0.39, 0.29) is 6.04 Å². The van der Waals surface area contributed by atoms with E-state index in [2.05, 4.69) is 29.6 Å². The summed E-state index contributed by atoms with van der Waals surface area (Å²) in [6, 6.07) is 12.6. The Labute approximate surface area is 114 Å². The molecule has 3 N–H and O–H groups in total. The van der Waals surface area contributed by atoms with Crippen LogP contribution in [0, 0.1) is 0 Å². The molecule has 0 amide bonds. The quantitative estimate of drug-likeness (QED) is 0.783. The Morgan fingerprint density at radius 1 is 1.16 bits per heavy atom. The van der Waals surface area contributed by atoms with Crippen molar-refractivity contribution in [2.45, 2.75) is 18.9 Å². The molecule has 2 aromatic carbocycles. The van der Waals surface area contributed by atoms with Gasteiger partial charge in [-0.3, -0.25) is 0 Å². The lowest BCUT2D eigenvalue weighted by molar-refractivity contribution is 0.415. The molecule has 0 aliphatic heterocycles. The van der Waals surface area contributed by atoms with E-state index < -0.39 is 0 Å². The number of hydrogen-bond acceptors (Lipinski definition) is 3. The van der Waals surface area contributed by atoms with Gasteiger partial charge >= 0.3 is 0 Å². The molecule has 1 atom stereocenters. The number of methoxy groups -OCH3 is 1. The zero-order valence-corrected chi connectivity index (χ0v) is 11.6. The third kappa shape index (κ3) is 3.46. The molecule has 2 aromatic rings. The van der Waals surface area contributed by atoms with Gasteiger partial charge in [-0.2, -0.15) is 0 Å². The van der Waals surface area contributed by atoms with E-state index in [4.69, 9.17) is 10.5 Å². The van der Waals surface area contributed by atoms with E-state index in [0.29, 0.717) is 0 Å². The minimum Gasteiger partial charge on any atom is -0.497 e. The van der Waals surface area contributed by atoms with Crippen molar-refractivity contribution in [1.82, 2.24) is 5.32 Å². The molecule has 3 heteroatoms. The molecule has 0 aliphatic carbocycles. The summed E-state index contributed by atoms with van der Waals surface area (Å²) >= 11 is 0. The van der Waals surface area contributed by atoms with Crippen molar-refractivity contribution in [2.24, 2.45) is 5.73 Å². The van der Waals surface area contributed by atoms with Crippen molar-refractivity contribution >= 4 is 10.8 Å². The highest BCUT2D eigenvalue weighted by atomic mass is 16.5. The minimum atomic E-state index is 0.111. The first-order chi connectivity index (χ1) is 9.24. The third-order valence-corrected chi connectivity index (χ3v) is 3.44. The number of benzene rings is 2. The van der Waals surface area contributed by atoms with Crippen LogP contribution in [-0.4, -0.2) is 20.7 Å². The van der Waals surface area contributed by atoms with Gasteiger partial charge in [-0.15, -0.1) is 0 Å². The van der Waals surface area contributed by atoms with Gasteiger partial charge in [-0.1, -0.05) is 18.2 Å². The average molecular weight is 258 g/mol. The Bertz CT molecular complexity index is 539. The Morgan fingerprint density at radius 2 is 1.89 bits per heavy atom. The zero-order chi connectivity index (χ0) is 13.7. The zero-order valence-electron chi connectivity index (χ0n) is 11.6. The van der Waals surface area contributed by atoms with Crippen molar-refractivity contribution < 1.29 is 4.74 Å². The number of fused-ring (bicyclic) bond motifs is 1. The standard InChI is InChI=1S/C16H22N2O/c1-18-9-3-4-16(17)14-6-5-13-11-15(19-2)8-7-12(13)10-14/h5-8,10-11,16,18H,3-4,9,17H2,1-2H3. The molecule has 0 spiro atoms. The highest BCUT2D eigenvalue weighted by molar-refractivity contribution is 5.84. The second kappa shape index (κ2) is 6.55. The highest BCUT2D eigenvalue weighted by Crippen LogP contribution is 2.25. The van der Waals surface area contributed by atoms with E-state index in [1.807, 2.05) is 19.2 Å². The van der Waals surface area contributed by atoms with Crippen LogP contribution in [0.3, 0.4) is 0 Å². The fourth-order valence-electron chi connectivity index (χ4n) is 2.27. The SMILES string of the molecule is CNCCCC(N)c1ccc2cc(OC)ccc2c1. The number of ether oxygens (including phenoxy) is 1. The molecule has 0 heterocycles. The van der Waals surface area contributed by atoms with Crippen LogP contribution >= 0.6 is 0 Å². The molecule has 0 aromatic heterocycles. The molecule has 0 saturated carbocycles. The van der Waals surface area contributed by atoms with Gasteiger partial charge in [0.2, 0.25) is 0 Å². The molecule has 0 fully saturated rings. The Morgan fingerprint density at radius 3 is 2.63 bits per heavy atom. The Balaban J connectivity index is 2.16. The molecular weight excluding hydrogens is 236 g/mol. The lowest BCUT2D eigenvalue weighted by Crippen LogP contribution is -2.14. The van der Waals surface area contributed by atoms with Crippen LogP contribution in [0.2, 0.25) is 0 Å². The highest BCUT2D eigenvalue weighted by Gasteiger charge is 2.06. The van der Waals surface area contributed by atoms with Gasteiger partial charge < -0.3 is 15.8 Å². The van der Waals surface area contributed by atoms with Gasteiger partial charge in [-0.05, 0) is 61.0 Å². The van der Waals surface area contributed by atoms with Crippen molar-refractivity contribution in [3.8, 4) is 5.75 Å². The van der Waals surface area contributed by atoms with Crippen LogP contribution in [-0.2, 0) is 0 Å². The van der Waals surface area contributed by atoms with Crippen molar-refractivity contribution in [3.05, 3.63) is 42.0 Å². The molecule has 0 bridgehead atoms. The van der Waals surface area contributed by atoms with E-state index in [1.165, 1.54) is 16.3 Å². The number of nitrogens with two attached hydrogens (primary N) is 1. The second-order valence-electron chi connectivity index (χ2n) is 4.82. The molecule has 0 radical (unpaired) electrons. The topological polar surface area (TPSA) is 47.3 Å². The van der Waals surface area contributed by atoms with Crippen molar-refractivity contribution in [3.63, 3.8) is 0 Å². The fraction of sp³-hybridized carbons (Fsp3) is 0.375. The maximum atomic E-state index is 6.23. The summed E-state index contributed by atoms with van der Waals surface area (Å²) in [7, 11) is 3.65. The van der Waals surface area contributed by atoms with Gasteiger partial charge in [0.05, 0.1) is 7.11 Å². The normalized spacial score (nSPS) is 12.6. The molecule has 3 nitrogen and oxygen atoms in total. The summed E-state index contributed by atoms with van der Waals surface area (Å²) in [6.45, 7) is 1.01. The van der Waals surface area contributed by atoms with E-state index >= 15 is 0 Å². The van der Waals surface area contributed by atoms with Crippen molar-refractivity contribution in [2.75, 3.05) is 20.7 Å². The molecule has 0 aliphatic rings. The minimum absolute atomic E-state index is 0.111. The van der Waals surface area contributed by atoms with Crippen LogP contribution in [0.25, 0.3) is 10.8 Å². The summed E-state index contributed by atoms with van der Waals surface area (Å²) in [4.78, 5) is 0. The maximum absolute atomic E-state index is 6.23. The molecular formula is C16H22N2O. The number of hydrogen-bond donors (Lipinski definition) is 2. The van der Waals surface area contributed by atoms with Gasteiger partial charge in [0, 0.05) is 6.04 Å². The summed E-state index contributed by atoms with van der Waals surface area (Å²) in [5.74, 6) is 0.888. The molecule has 19 heavy (non-hydrogen) atoms. The summed E-state index contributed by atoms with van der Waals surface area (Å²) < 4.78 is 5.23. The maximum Gasteiger partial charge on any atom is 0.119 e. The summed E-state index contributed by atoms with van der Waals surface area (Å²) in [5.41, 5.74) is 7.43. The van der Waals surface area contributed by atoms with Crippen molar-refractivity contribution in [1.29, 1.82) is 0 Å². The van der Waals surface area contributed by atoms with Crippen LogP contribution < -0.4 is 15.8 Å². The van der Waals surface area contributed by atoms with Gasteiger partial charge in [-0.25, -0.2) is 0 Å². The summed E-state index contributed by atoms with van der Waals surface area (Å²) in [6.07, 6.45) is 2.10.